The second kappa shape index (κ2) is 5.19. The highest BCUT2D eigenvalue weighted by Crippen LogP contribution is 2.43. The molecule has 1 aromatic rings. The van der Waals surface area contributed by atoms with Crippen LogP contribution in [-0.2, 0) is 0 Å². The number of rotatable bonds is 4. The number of para-hydroxylation sites is 2. The lowest BCUT2D eigenvalue weighted by Gasteiger charge is -2.43. The van der Waals surface area contributed by atoms with Crippen LogP contribution in [0.15, 0.2) is 24.3 Å². The minimum atomic E-state index is 0.0780. The van der Waals surface area contributed by atoms with E-state index >= 15 is 0 Å². The maximum atomic E-state index is 6.11. The van der Waals surface area contributed by atoms with E-state index in [4.69, 9.17) is 10.5 Å². The largest absolute Gasteiger partial charge is 0.495 e. The van der Waals surface area contributed by atoms with Crippen LogP contribution in [0.4, 0.5) is 5.69 Å². The third kappa shape index (κ3) is 1.97. The zero-order chi connectivity index (χ0) is 13.2. The molecule has 0 aromatic heterocycles. The monoisotopic (exact) mass is 248 g/mol. The van der Waals surface area contributed by atoms with E-state index in [0.717, 1.165) is 11.4 Å². The Morgan fingerprint density at radius 1 is 1.44 bits per heavy atom. The van der Waals surface area contributed by atoms with Crippen LogP contribution in [0.1, 0.15) is 26.2 Å². The van der Waals surface area contributed by atoms with Crippen molar-refractivity contribution in [1.29, 1.82) is 0 Å². The Morgan fingerprint density at radius 3 is 2.72 bits per heavy atom. The minimum absolute atomic E-state index is 0.0780. The standard InChI is InChI=1S/C15H24N2O/c1-12-7-6-10-15(12,11-16)17(2)13-8-4-5-9-14(13)18-3/h4-5,8-9,12H,6-7,10-11,16H2,1-3H3. The molecule has 1 fully saturated rings. The van der Waals surface area contributed by atoms with E-state index in [1.54, 1.807) is 7.11 Å². The van der Waals surface area contributed by atoms with Gasteiger partial charge < -0.3 is 15.4 Å². The summed E-state index contributed by atoms with van der Waals surface area (Å²) in [5.74, 6) is 1.55. The average molecular weight is 248 g/mol. The summed E-state index contributed by atoms with van der Waals surface area (Å²) in [6, 6.07) is 8.18. The van der Waals surface area contributed by atoms with Crippen molar-refractivity contribution >= 4 is 5.69 Å². The predicted octanol–water partition coefficient (Wildman–Crippen LogP) is 2.65. The number of benzene rings is 1. The van der Waals surface area contributed by atoms with Crippen LogP contribution in [0.5, 0.6) is 5.75 Å². The summed E-state index contributed by atoms with van der Waals surface area (Å²) in [6.45, 7) is 3.01. The molecule has 0 aliphatic heterocycles. The molecule has 100 valence electrons. The summed E-state index contributed by atoms with van der Waals surface area (Å²) >= 11 is 0. The first-order valence-corrected chi connectivity index (χ1v) is 6.72. The lowest BCUT2D eigenvalue weighted by Crippen LogP contribution is -2.54. The zero-order valence-corrected chi connectivity index (χ0v) is 11.6. The van der Waals surface area contributed by atoms with Gasteiger partial charge in [0, 0.05) is 13.6 Å². The Balaban J connectivity index is 2.37. The van der Waals surface area contributed by atoms with E-state index in [1.165, 1.54) is 19.3 Å². The van der Waals surface area contributed by atoms with E-state index in [9.17, 15) is 0 Å². The highest BCUT2D eigenvalue weighted by molar-refractivity contribution is 5.60. The second-order valence-electron chi connectivity index (χ2n) is 5.33. The van der Waals surface area contributed by atoms with Crippen LogP contribution >= 0.6 is 0 Å². The van der Waals surface area contributed by atoms with Crippen molar-refractivity contribution in [2.24, 2.45) is 11.7 Å². The summed E-state index contributed by atoms with van der Waals surface area (Å²) in [5.41, 5.74) is 7.32. The molecule has 0 saturated heterocycles. The van der Waals surface area contributed by atoms with Crippen molar-refractivity contribution in [3.8, 4) is 5.75 Å². The van der Waals surface area contributed by atoms with Gasteiger partial charge in [-0.3, -0.25) is 0 Å². The van der Waals surface area contributed by atoms with E-state index in [-0.39, 0.29) is 5.54 Å². The molecule has 2 rings (SSSR count). The molecule has 1 aromatic carbocycles. The van der Waals surface area contributed by atoms with Crippen LogP contribution in [0.25, 0.3) is 0 Å². The van der Waals surface area contributed by atoms with Crippen molar-refractivity contribution in [2.45, 2.75) is 31.7 Å². The van der Waals surface area contributed by atoms with E-state index in [2.05, 4.69) is 31.0 Å². The topological polar surface area (TPSA) is 38.5 Å². The molecule has 3 nitrogen and oxygen atoms in total. The SMILES string of the molecule is COc1ccccc1N(C)C1(CN)CCCC1C. The van der Waals surface area contributed by atoms with Gasteiger partial charge in [-0.15, -0.1) is 0 Å². The molecule has 2 unspecified atom stereocenters. The summed E-state index contributed by atoms with van der Waals surface area (Å²) in [4.78, 5) is 2.34. The molecule has 3 heteroatoms. The van der Waals surface area contributed by atoms with Gasteiger partial charge in [0.2, 0.25) is 0 Å². The number of methoxy groups -OCH3 is 1. The molecule has 1 aliphatic rings. The first kappa shape index (κ1) is 13.2. The third-order valence-corrected chi connectivity index (χ3v) is 4.63. The molecule has 0 amide bonds. The molecular weight excluding hydrogens is 224 g/mol. The highest BCUT2D eigenvalue weighted by Gasteiger charge is 2.43. The lowest BCUT2D eigenvalue weighted by atomic mass is 9.86. The Morgan fingerprint density at radius 2 is 2.17 bits per heavy atom. The summed E-state index contributed by atoms with van der Waals surface area (Å²) < 4.78 is 5.47. The van der Waals surface area contributed by atoms with E-state index < -0.39 is 0 Å². The number of likely N-dealkylation sites (N-methyl/N-ethyl adjacent to an activating group) is 1. The quantitative estimate of drug-likeness (QED) is 0.890. The predicted molar refractivity (Wildman–Crippen MR) is 76.2 cm³/mol. The molecular formula is C15H24N2O. The van der Waals surface area contributed by atoms with Gasteiger partial charge >= 0.3 is 0 Å². The molecule has 0 heterocycles. The molecule has 18 heavy (non-hydrogen) atoms. The fraction of sp³-hybridized carbons (Fsp3) is 0.600. The Labute approximate surface area is 110 Å². The molecule has 0 radical (unpaired) electrons. The first-order valence-electron chi connectivity index (χ1n) is 6.72. The molecule has 0 spiro atoms. The molecule has 1 aliphatic carbocycles. The number of nitrogens with zero attached hydrogens (tertiary/aromatic N) is 1. The van der Waals surface area contributed by atoms with Crippen molar-refractivity contribution in [3.05, 3.63) is 24.3 Å². The van der Waals surface area contributed by atoms with Crippen molar-refractivity contribution in [1.82, 2.24) is 0 Å². The van der Waals surface area contributed by atoms with E-state index in [0.29, 0.717) is 12.5 Å². The van der Waals surface area contributed by atoms with Gasteiger partial charge in [0.15, 0.2) is 0 Å². The van der Waals surface area contributed by atoms with Crippen LogP contribution in [0.2, 0.25) is 0 Å². The summed E-state index contributed by atoms with van der Waals surface area (Å²) in [7, 11) is 3.87. The first-order chi connectivity index (χ1) is 8.65. The normalized spacial score (nSPS) is 27.2. The lowest BCUT2D eigenvalue weighted by molar-refractivity contribution is 0.327. The van der Waals surface area contributed by atoms with Gasteiger partial charge in [-0.25, -0.2) is 0 Å². The molecule has 2 atom stereocenters. The number of hydrogen-bond acceptors (Lipinski definition) is 3. The number of hydrogen-bond donors (Lipinski definition) is 1. The Kier molecular flexibility index (Phi) is 3.81. The number of anilines is 1. The molecule has 1 saturated carbocycles. The fourth-order valence-corrected chi connectivity index (χ4v) is 3.31. The maximum absolute atomic E-state index is 6.11. The number of nitrogens with two attached hydrogens (primary N) is 1. The van der Waals surface area contributed by atoms with Crippen LogP contribution < -0.4 is 15.4 Å². The van der Waals surface area contributed by atoms with E-state index in [1.807, 2.05) is 12.1 Å². The maximum Gasteiger partial charge on any atom is 0.142 e. The summed E-state index contributed by atoms with van der Waals surface area (Å²) in [5, 5.41) is 0. The molecule has 2 N–H and O–H groups in total. The van der Waals surface area contributed by atoms with Crippen molar-refractivity contribution in [3.63, 3.8) is 0 Å². The molecule has 0 bridgehead atoms. The Bertz CT molecular complexity index is 407. The van der Waals surface area contributed by atoms with Gasteiger partial charge in [0.25, 0.3) is 0 Å². The van der Waals surface area contributed by atoms with Crippen molar-refractivity contribution in [2.75, 3.05) is 25.6 Å². The van der Waals surface area contributed by atoms with Gasteiger partial charge in [-0.05, 0) is 30.9 Å². The summed E-state index contributed by atoms with van der Waals surface area (Å²) in [6.07, 6.45) is 3.69. The van der Waals surface area contributed by atoms with Crippen molar-refractivity contribution < 1.29 is 4.74 Å². The van der Waals surface area contributed by atoms with Gasteiger partial charge in [-0.1, -0.05) is 25.5 Å². The second-order valence-corrected chi connectivity index (χ2v) is 5.33. The van der Waals surface area contributed by atoms with Gasteiger partial charge in [0.05, 0.1) is 18.3 Å². The van der Waals surface area contributed by atoms with Crippen LogP contribution in [-0.4, -0.2) is 26.2 Å². The number of ether oxygens (including phenoxy) is 1. The Hall–Kier alpha value is -1.22. The minimum Gasteiger partial charge on any atom is -0.495 e. The van der Waals surface area contributed by atoms with Crippen LogP contribution in [0.3, 0.4) is 0 Å². The highest BCUT2D eigenvalue weighted by atomic mass is 16.5. The zero-order valence-electron chi connectivity index (χ0n) is 11.6. The average Bonchev–Trinajstić information content (AvgIpc) is 2.80. The van der Waals surface area contributed by atoms with Crippen LogP contribution in [0, 0.1) is 5.92 Å². The van der Waals surface area contributed by atoms with Gasteiger partial charge in [-0.2, -0.15) is 0 Å². The van der Waals surface area contributed by atoms with Gasteiger partial charge in [0.1, 0.15) is 5.75 Å². The fourth-order valence-electron chi connectivity index (χ4n) is 3.31. The smallest absolute Gasteiger partial charge is 0.142 e. The third-order valence-electron chi connectivity index (χ3n) is 4.63.